The summed E-state index contributed by atoms with van der Waals surface area (Å²) in [6, 6.07) is 0. The average molecular weight is 328 g/mol. The quantitative estimate of drug-likeness (QED) is 0.312. The first kappa shape index (κ1) is 22.2. The Morgan fingerprint density at radius 3 is 2.08 bits per heavy atom. The Morgan fingerprint density at radius 1 is 0.833 bits per heavy atom. The number of carbonyl (C=O) groups excluding carboxylic acids is 1. The molecule has 2 nitrogen and oxygen atoms in total. The summed E-state index contributed by atoms with van der Waals surface area (Å²) >= 11 is 0. The van der Waals surface area contributed by atoms with Gasteiger partial charge in [0.2, 0.25) is 0 Å². The summed E-state index contributed by atoms with van der Waals surface area (Å²) in [6.07, 6.45) is 19.1. The zero-order chi connectivity index (χ0) is 17.7. The molecule has 0 aliphatic rings. The Kier molecular flexibility index (Phi) is 17.9. The number of allylic oxidation sites excluding steroid dienone is 4. The Labute approximate surface area is 148 Å². The maximum atomic E-state index is 10.9. The van der Waals surface area contributed by atoms with Crippen molar-refractivity contribution in [1.82, 2.24) is 0 Å². The van der Waals surface area contributed by atoms with Crippen LogP contribution < -0.4 is 0 Å². The average Bonchev–Trinajstić information content (AvgIpc) is 2.60. The summed E-state index contributed by atoms with van der Waals surface area (Å²) in [6.45, 7) is 1.88. The van der Waals surface area contributed by atoms with Gasteiger partial charge in [-0.05, 0) is 19.3 Å². The van der Waals surface area contributed by atoms with Gasteiger partial charge in [0.1, 0.15) is 6.61 Å². The van der Waals surface area contributed by atoms with Crippen LogP contribution in [0.5, 0.6) is 0 Å². The van der Waals surface area contributed by atoms with Gasteiger partial charge in [-0.15, -0.1) is 5.92 Å². The number of aliphatic hydroxyl groups is 1. The number of rotatable bonds is 12. The second-order valence-electron chi connectivity index (χ2n) is 5.66. The highest BCUT2D eigenvalue weighted by atomic mass is 16.3. The fraction of sp³-hybridized carbons (Fsp3) is 0.591. The zero-order valence-corrected chi connectivity index (χ0v) is 15.2. The Bertz CT molecular complexity index is 478. The van der Waals surface area contributed by atoms with E-state index in [0.717, 1.165) is 25.7 Å². The Hall–Kier alpha value is -1.77. The molecule has 0 rings (SSSR count). The van der Waals surface area contributed by atoms with E-state index < -0.39 is 0 Å². The Morgan fingerprint density at radius 2 is 1.46 bits per heavy atom. The van der Waals surface area contributed by atoms with Gasteiger partial charge in [-0.1, -0.05) is 68.3 Å². The molecular formula is C22H32O2. The molecule has 0 amide bonds. The van der Waals surface area contributed by atoms with Gasteiger partial charge in [-0.25, -0.2) is 0 Å². The number of hydrogen-bond donors (Lipinski definition) is 1. The molecule has 0 unspecified atom stereocenters. The number of aliphatic hydroxyl groups excluding tert-OH is 1. The maximum Gasteiger partial charge on any atom is 0.158 e. The lowest BCUT2D eigenvalue weighted by Crippen LogP contribution is -2.02. The van der Waals surface area contributed by atoms with Crippen LogP contribution in [0, 0.1) is 23.7 Å². The SMILES string of the molecule is CCCCCC/C=C\CC#CC/C=C\CC#CCCCC(=O)CO. The fourth-order valence-electron chi connectivity index (χ4n) is 1.99. The molecule has 132 valence electrons. The van der Waals surface area contributed by atoms with Gasteiger partial charge in [0.15, 0.2) is 5.78 Å². The van der Waals surface area contributed by atoms with E-state index in [0.29, 0.717) is 12.8 Å². The van der Waals surface area contributed by atoms with E-state index in [1.807, 2.05) is 12.2 Å². The van der Waals surface area contributed by atoms with Crippen molar-refractivity contribution in [2.45, 2.75) is 77.6 Å². The van der Waals surface area contributed by atoms with Gasteiger partial charge < -0.3 is 5.11 Å². The minimum atomic E-state index is -0.355. The van der Waals surface area contributed by atoms with Crippen molar-refractivity contribution in [2.24, 2.45) is 0 Å². The molecule has 0 saturated heterocycles. The number of unbranched alkanes of at least 4 members (excludes halogenated alkanes) is 5. The summed E-state index contributed by atoms with van der Waals surface area (Å²) in [4.78, 5) is 10.9. The van der Waals surface area contributed by atoms with Crippen molar-refractivity contribution in [1.29, 1.82) is 0 Å². The van der Waals surface area contributed by atoms with Crippen LogP contribution in [0.3, 0.4) is 0 Å². The van der Waals surface area contributed by atoms with Crippen LogP contribution in [0.4, 0.5) is 0 Å². The fourth-order valence-corrected chi connectivity index (χ4v) is 1.99. The van der Waals surface area contributed by atoms with Crippen LogP contribution >= 0.6 is 0 Å². The lowest BCUT2D eigenvalue weighted by Gasteiger charge is -1.93. The number of carbonyl (C=O) groups is 1. The molecular weight excluding hydrogens is 296 g/mol. The zero-order valence-electron chi connectivity index (χ0n) is 15.2. The standard InChI is InChI=1S/C22H32O2/c1-2-3-4-5-6-7-8-9-10-11-12-13-14-15-16-17-18-19-20-22(24)21-23/h7-8,13-14,23H,2-6,9,12,15,18-21H2,1H3/b8-7-,14-13-. The minimum Gasteiger partial charge on any atom is -0.389 e. The van der Waals surface area contributed by atoms with Gasteiger partial charge in [-0.3, -0.25) is 4.79 Å². The lowest BCUT2D eigenvalue weighted by molar-refractivity contribution is -0.121. The second kappa shape index (κ2) is 19.3. The van der Waals surface area contributed by atoms with Crippen molar-refractivity contribution >= 4 is 5.78 Å². The molecule has 0 heterocycles. The third-order valence-electron chi connectivity index (χ3n) is 3.40. The van der Waals surface area contributed by atoms with Crippen LogP contribution in [0.25, 0.3) is 0 Å². The highest BCUT2D eigenvalue weighted by Crippen LogP contribution is 2.03. The molecule has 2 heteroatoms. The summed E-state index contributed by atoms with van der Waals surface area (Å²) < 4.78 is 0. The molecule has 0 aromatic carbocycles. The van der Waals surface area contributed by atoms with Gasteiger partial charge in [-0.2, -0.15) is 0 Å². The number of Topliss-reactive ketones (excluding diaryl/α,β-unsaturated/α-hetero) is 1. The summed E-state index contributed by atoms with van der Waals surface area (Å²) in [5.41, 5.74) is 0. The van der Waals surface area contributed by atoms with E-state index in [-0.39, 0.29) is 12.4 Å². The lowest BCUT2D eigenvalue weighted by atomic mass is 10.1. The first-order valence-corrected chi connectivity index (χ1v) is 9.15. The van der Waals surface area contributed by atoms with Gasteiger partial charge in [0.25, 0.3) is 0 Å². The van der Waals surface area contributed by atoms with Crippen LogP contribution in [0.1, 0.15) is 77.6 Å². The highest BCUT2D eigenvalue weighted by Gasteiger charge is 1.96. The van der Waals surface area contributed by atoms with E-state index >= 15 is 0 Å². The van der Waals surface area contributed by atoms with Crippen LogP contribution in [-0.4, -0.2) is 17.5 Å². The molecule has 0 fully saturated rings. The van der Waals surface area contributed by atoms with Gasteiger partial charge in [0, 0.05) is 32.1 Å². The van der Waals surface area contributed by atoms with Crippen molar-refractivity contribution in [3.63, 3.8) is 0 Å². The molecule has 0 aliphatic carbocycles. The highest BCUT2D eigenvalue weighted by molar-refractivity contribution is 5.79. The van der Waals surface area contributed by atoms with E-state index in [1.165, 1.54) is 32.1 Å². The topological polar surface area (TPSA) is 37.3 Å². The molecule has 0 aromatic rings. The van der Waals surface area contributed by atoms with Gasteiger partial charge in [0.05, 0.1) is 0 Å². The maximum absolute atomic E-state index is 10.9. The third-order valence-corrected chi connectivity index (χ3v) is 3.40. The van der Waals surface area contributed by atoms with Crippen LogP contribution in [0.15, 0.2) is 24.3 Å². The predicted molar refractivity (Wildman–Crippen MR) is 102 cm³/mol. The monoisotopic (exact) mass is 328 g/mol. The molecule has 0 aromatic heterocycles. The van der Waals surface area contributed by atoms with Crippen LogP contribution in [0.2, 0.25) is 0 Å². The second-order valence-corrected chi connectivity index (χ2v) is 5.66. The molecule has 0 radical (unpaired) electrons. The van der Waals surface area contributed by atoms with E-state index in [4.69, 9.17) is 5.11 Å². The molecule has 0 bridgehead atoms. The molecule has 0 saturated carbocycles. The molecule has 1 N–H and O–H groups in total. The van der Waals surface area contributed by atoms with E-state index in [9.17, 15) is 4.79 Å². The smallest absolute Gasteiger partial charge is 0.158 e. The first-order chi connectivity index (χ1) is 11.8. The number of hydrogen-bond acceptors (Lipinski definition) is 2. The van der Waals surface area contributed by atoms with Crippen molar-refractivity contribution in [3.8, 4) is 23.7 Å². The largest absolute Gasteiger partial charge is 0.389 e. The predicted octanol–water partition coefficient (Wildman–Crippen LogP) is 4.98. The van der Waals surface area contributed by atoms with E-state index in [2.05, 4.69) is 42.8 Å². The third kappa shape index (κ3) is 18.3. The van der Waals surface area contributed by atoms with E-state index in [1.54, 1.807) is 0 Å². The normalized spacial score (nSPS) is 10.4. The number of ketones is 1. The van der Waals surface area contributed by atoms with Crippen molar-refractivity contribution in [2.75, 3.05) is 6.61 Å². The molecule has 24 heavy (non-hydrogen) atoms. The molecule has 0 atom stereocenters. The Balaban J connectivity index is 3.50. The summed E-state index contributed by atoms with van der Waals surface area (Å²) in [7, 11) is 0. The van der Waals surface area contributed by atoms with Crippen LogP contribution in [-0.2, 0) is 4.79 Å². The molecule has 0 aliphatic heterocycles. The van der Waals surface area contributed by atoms with Crippen molar-refractivity contribution < 1.29 is 9.90 Å². The molecule has 0 spiro atoms. The summed E-state index contributed by atoms with van der Waals surface area (Å²) in [5.74, 6) is 12.2. The first-order valence-electron chi connectivity index (χ1n) is 9.15. The minimum absolute atomic E-state index is 0.110. The summed E-state index contributed by atoms with van der Waals surface area (Å²) in [5, 5.41) is 8.57. The van der Waals surface area contributed by atoms with Crippen molar-refractivity contribution in [3.05, 3.63) is 24.3 Å². The van der Waals surface area contributed by atoms with Gasteiger partial charge >= 0.3 is 0 Å².